The molecule has 5 nitrogen and oxygen atoms in total. The standard InChI is InChI=1S/C32H47F4N3O2/c1-20(40)37-31(5,6)17-25(22-9-12-32(35,36)16-22)21-10-13-38(14-11-21)29(41)27-19-39(30(2,3)4)18-26(27)24-8-7-23(33)15-28(24)34/h7-8,15,21-22,25-27H,9-14,16-19H2,1-6H3,(H,37,40)/t22?,25?,26-,27+/m1/s1. The molecule has 1 aromatic rings. The summed E-state index contributed by atoms with van der Waals surface area (Å²) in [5, 5.41) is 2.99. The first kappa shape index (κ1) is 31.8. The highest BCUT2D eigenvalue weighted by Gasteiger charge is 2.48. The number of hydrogen-bond acceptors (Lipinski definition) is 3. The predicted octanol–water partition coefficient (Wildman–Crippen LogP) is 6.37. The van der Waals surface area contributed by atoms with Crippen LogP contribution < -0.4 is 5.32 Å². The van der Waals surface area contributed by atoms with Crippen LogP contribution in [-0.2, 0) is 9.59 Å². The van der Waals surface area contributed by atoms with E-state index >= 15 is 0 Å². The first-order valence-corrected chi connectivity index (χ1v) is 15.1. The number of hydrogen-bond donors (Lipinski definition) is 1. The van der Waals surface area contributed by atoms with Gasteiger partial charge >= 0.3 is 0 Å². The topological polar surface area (TPSA) is 52.7 Å². The van der Waals surface area contributed by atoms with Crippen LogP contribution in [0.15, 0.2) is 18.2 Å². The first-order chi connectivity index (χ1) is 19.0. The zero-order chi connectivity index (χ0) is 30.3. The van der Waals surface area contributed by atoms with Gasteiger partial charge < -0.3 is 10.2 Å². The van der Waals surface area contributed by atoms with Crippen molar-refractivity contribution in [1.82, 2.24) is 15.1 Å². The van der Waals surface area contributed by atoms with Crippen LogP contribution in [0.4, 0.5) is 17.6 Å². The van der Waals surface area contributed by atoms with Crippen molar-refractivity contribution < 1.29 is 27.2 Å². The number of benzene rings is 1. The van der Waals surface area contributed by atoms with Crippen LogP contribution in [0, 0.1) is 35.3 Å². The predicted molar refractivity (Wildman–Crippen MR) is 152 cm³/mol. The van der Waals surface area contributed by atoms with E-state index in [1.54, 1.807) is 0 Å². The zero-order valence-corrected chi connectivity index (χ0v) is 25.4. The fourth-order valence-electron chi connectivity index (χ4n) is 7.69. The van der Waals surface area contributed by atoms with Crippen LogP contribution in [0.1, 0.15) is 91.5 Å². The minimum atomic E-state index is -2.65. The fraction of sp³-hybridized carbons (Fsp3) is 0.750. The third kappa shape index (κ3) is 7.63. The maximum absolute atomic E-state index is 14.9. The minimum Gasteiger partial charge on any atom is -0.351 e. The van der Waals surface area contributed by atoms with Crippen molar-refractivity contribution in [3.8, 4) is 0 Å². The molecule has 0 bridgehead atoms. The van der Waals surface area contributed by atoms with Crippen molar-refractivity contribution in [2.24, 2.45) is 23.7 Å². The van der Waals surface area contributed by atoms with Gasteiger partial charge in [0.05, 0.1) is 5.92 Å². The van der Waals surface area contributed by atoms with E-state index in [1.807, 2.05) is 18.7 Å². The van der Waals surface area contributed by atoms with Gasteiger partial charge in [-0.05, 0) is 89.7 Å². The molecule has 1 aromatic carbocycles. The molecule has 2 heterocycles. The summed E-state index contributed by atoms with van der Waals surface area (Å²) < 4.78 is 57.1. The van der Waals surface area contributed by atoms with Crippen LogP contribution in [0.25, 0.3) is 0 Å². The van der Waals surface area contributed by atoms with E-state index in [0.29, 0.717) is 57.4 Å². The second-order valence-corrected chi connectivity index (χ2v) is 14.4. The summed E-state index contributed by atoms with van der Waals surface area (Å²) in [6.45, 7) is 13.6. The summed E-state index contributed by atoms with van der Waals surface area (Å²) in [7, 11) is 0. The van der Waals surface area contributed by atoms with E-state index in [4.69, 9.17) is 0 Å². The van der Waals surface area contributed by atoms with Gasteiger partial charge in [0, 0.05) is 69.0 Å². The Labute approximate surface area is 242 Å². The second-order valence-electron chi connectivity index (χ2n) is 14.4. The Morgan fingerprint density at radius 3 is 2.22 bits per heavy atom. The molecule has 2 unspecified atom stereocenters. The molecule has 2 amide bonds. The van der Waals surface area contributed by atoms with E-state index in [2.05, 4.69) is 31.0 Å². The lowest BCUT2D eigenvalue weighted by atomic mass is 9.70. The molecule has 2 saturated heterocycles. The minimum absolute atomic E-state index is 0.0198. The highest BCUT2D eigenvalue weighted by Crippen LogP contribution is 2.48. The SMILES string of the molecule is CC(=O)NC(C)(C)CC(C1CCN(C(=O)[C@H]2CN(C(C)(C)C)C[C@@H]2c2ccc(F)cc2F)CC1)C1CCC(F)(F)C1. The number of likely N-dealkylation sites (tertiary alicyclic amines) is 2. The molecule has 41 heavy (non-hydrogen) atoms. The monoisotopic (exact) mass is 581 g/mol. The van der Waals surface area contributed by atoms with Crippen molar-refractivity contribution in [2.75, 3.05) is 26.2 Å². The highest BCUT2D eigenvalue weighted by atomic mass is 19.3. The Morgan fingerprint density at radius 2 is 1.68 bits per heavy atom. The fourth-order valence-corrected chi connectivity index (χ4v) is 7.69. The van der Waals surface area contributed by atoms with Gasteiger partial charge in [-0.25, -0.2) is 17.6 Å². The summed E-state index contributed by atoms with van der Waals surface area (Å²) in [6, 6.07) is 3.60. The molecule has 1 N–H and O–H groups in total. The van der Waals surface area contributed by atoms with E-state index in [9.17, 15) is 27.2 Å². The quantitative estimate of drug-likeness (QED) is 0.381. The molecule has 4 atom stereocenters. The highest BCUT2D eigenvalue weighted by molar-refractivity contribution is 5.81. The molecular weight excluding hydrogens is 534 g/mol. The number of nitrogens with one attached hydrogen (secondary N) is 1. The Bertz CT molecular complexity index is 1110. The van der Waals surface area contributed by atoms with Gasteiger partial charge in [-0.1, -0.05) is 6.07 Å². The molecule has 4 rings (SSSR count). The summed E-state index contributed by atoms with van der Waals surface area (Å²) in [4.78, 5) is 29.8. The first-order valence-electron chi connectivity index (χ1n) is 15.1. The Balaban J connectivity index is 1.49. The zero-order valence-electron chi connectivity index (χ0n) is 25.4. The van der Waals surface area contributed by atoms with Gasteiger partial charge in [-0.3, -0.25) is 14.5 Å². The van der Waals surface area contributed by atoms with Crippen LogP contribution in [-0.4, -0.2) is 64.8 Å². The molecule has 3 fully saturated rings. The largest absolute Gasteiger partial charge is 0.351 e. The van der Waals surface area contributed by atoms with Crippen LogP contribution >= 0.6 is 0 Å². The summed E-state index contributed by atoms with van der Waals surface area (Å²) in [5.74, 6) is -4.84. The van der Waals surface area contributed by atoms with Crippen LogP contribution in [0.2, 0.25) is 0 Å². The summed E-state index contributed by atoms with van der Waals surface area (Å²) in [5.41, 5.74) is -0.365. The lowest BCUT2D eigenvalue weighted by Crippen LogP contribution is -2.48. The number of nitrogens with zero attached hydrogens (tertiary/aromatic N) is 2. The molecule has 1 aliphatic carbocycles. The molecule has 0 radical (unpaired) electrons. The average Bonchev–Trinajstić information content (AvgIpc) is 3.45. The van der Waals surface area contributed by atoms with Crippen molar-refractivity contribution in [3.05, 3.63) is 35.4 Å². The van der Waals surface area contributed by atoms with Crippen molar-refractivity contribution in [1.29, 1.82) is 0 Å². The number of carbonyl (C=O) groups excluding carboxylic acids is 2. The van der Waals surface area contributed by atoms with Gasteiger partial charge in [-0.2, -0.15) is 0 Å². The maximum Gasteiger partial charge on any atom is 0.248 e. The number of amides is 2. The van der Waals surface area contributed by atoms with Gasteiger partial charge in [0.15, 0.2) is 0 Å². The molecule has 0 aromatic heterocycles. The van der Waals surface area contributed by atoms with Gasteiger partial charge in [0.25, 0.3) is 0 Å². The average molecular weight is 582 g/mol. The summed E-state index contributed by atoms with van der Waals surface area (Å²) >= 11 is 0. The molecule has 1 saturated carbocycles. The van der Waals surface area contributed by atoms with E-state index in [-0.39, 0.29) is 53.9 Å². The van der Waals surface area contributed by atoms with Gasteiger partial charge in [0.2, 0.25) is 17.7 Å². The Morgan fingerprint density at radius 1 is 1.02 bits per heavy atom. The van der Waals surface area contributed by atoms with Gasteiger partial charge in [0.1, 0.15) is 11.6 Å². The molecule has 9 heteroatoms. The van der Waals surface area contributed by atoms with Crippen LogP contribution in [0.3, 0.4) is 0 Å². The number of halogens is 4. The molecule has 3 aliphatic rings. The molecule has 2 aliphatic heterocycles. The third-order valence-corrected chi connectivity index (χ3v) is 9.71. The molecular formula is C32H47F4N3O2. The Kier molecular flexibility index (Phi) is 9.18. The second kappa shape index (κ2) is 11.8. The normalized spacial score (nSPS) is 26.8. The van der Waals surface area contributed by atoms with Gasteiger partial charge in [-0.15, -0.1) is 0 Å². The number of alkyl halides is 2. The molecule has 230 valence electrons. The third-order valence-electron chi connectivity index (χ3n) is 9.71. The van der Waals surface area contributed by atoms with E-state index < -0.39 is 29.0 Å². The van der Waals surface area contributed by atoms with E-state index in [1.165, 1.54) is 19.1 Å². The lowest BCUT2D eigenvalue weighted by molar-refractivity contribution is -0.137. The van der Waals surface area contributed by atoms with Crippen molar-refractivity contribution in [3.63, 3.8) is 0 Å². The lowest BCUT2D eigenvalue weighted by Gasteiger charge is -2.42. The van der Waals surface area contributed by atoms with Crippen molar-refractivity contribution >= 4 is 11.8 Å². The number of rotatable bonds is 7. The number of carbonyl (C=O) groups is 2. The number of piperidine rings is 1. The smallest absolute Gasteiger partial charge is 0.248 e. The van der Waals surface area contributed by atoms with Crippen LogP contribution in [0.5, 0.6) is 0 Å². The maximum atomic E-state index is 14.9. The van der Waals surface area contributed by atoms with E-state index in [0.717, 1.165) is 6.07 Å². The Hall–Kier alpha value is -2.16. The summed E-state index contributed by atoms with van der Waals surface area (Å²) in [6.07, 6.45) is 2.28. The van der Waals surface area contributed by atoms with Crippen molar-refractivity contribution in [2.45, 2.75) is 103 Å². The molecule has 0 spiro atoms.